The number of carbonyl (C=O) groups is 1. The van der Waals surface area contributed by atoms with Crippen molar-refractivity contribution in [1.82, 2.24) is 18.8 Å². The van der Waals surface area contributed by atoms with Gasteiger partial charge in [-0.3, -0.25) is 4.79 Å². The summed E-state index contributed by atoms with van der Waals surface area (Å²) >= 11 is 0. The van der Waals surface area contributed by atoms with E-state index >= 15 is 0 Å². The highest BCUT2D eigenvalue weighted by atomic mass is 32.2. The zero-order valence-corrected chi connectivity index (χ0v) is 19.4. The fourth-order valence-corrected chi connectivity index (χ4v) is 5.89. The summed E-state index contributed by atoms with van der Waals surface area (Å²) in [6.45, 7) is 10.3. The Morgan fingerprint density at radius 1 is 1.20 bits per heavy atom. The number of carbonyl (C=O) groups excluding carboxylic acids is 1. The van der Waals surface area contributed by atoms with Crippen molar-refractivity contribution in [2.75, 3.05) is 19.6 Å². The van der Waals surface area contributed by atoms with E-state index in [1.54, 1.807) is 12.1 Å². The van der Waals surface area contributed by atoms with Gasteiger partial charge in [-0.15, -0.1) is 0 Å². The lowest BCUT2D eigenvalue weighted by Gasteiger charge is -2.33. The number of aromatic nitrogens is 2. The van der Waals surface area contributed by atoms with Crippen LogP contribution in [-0.2, 0) is 27.8 Å². The van der Waals surface area contributed by atoms with E-state index in [0.717, 1.165) is 37.3 Å². The number of sulfonamides is 1. The lowest BCUT2D eigenvalue weighted by molar-refractivity contribution is -0.134. The summed E-state index contributed by atoms with van der Waals surface area (Å²) in [7, 11) is -3.53. The molecule has 2 heterocycles. The Morgan fingerprint density at radius 2 is 1.93 bits per heavy atom. The minimum absolute atomic E-state index is 0.182. The molecule has 0 N–H and O–H groups in total. The molecule has 1 fully saturated rings. The zero-order valence-electron chi connectivity index (χ0n) is 18.6. The quantitative estimate of drug-likeness (QED) is 0.638. The molecule has 30 heavy (non-hydrogen) atoms. The number of nitrogens with zero attached hydrogens (tertiary/aromatic N) is 4. The Hall–Kier alpha value is -1.93. The maximum Gasteiger partial charge on any atom is 0.243 e. The zero-order chi connectivity index (χ0) is 21.9. The SMILES string of the molecule is CCN(CC)S(=O)(=O)c1ccc2c(c1)nc(CCC(=O)N1CCCCC1C)n2CC. The monoisotopic (exact) mass is 434 g/mol. The first kappa shape index (κ1) is 22.7. The molecule has 1 aliphatic rings. The molecule has 1 aromatic heterocycles. The Labute approximate surface area is 180 Å². The van der Waals surface area contributed by atoms with Crippen LogP contribution in [0, 0.1) is 0 Å². The van der Waals surface area contributed by atoms with Gasteiger partial charge in [0.25, 0.3) is 0 Å². The molecule has 1 unspecified atom stereocenters. The van der Waals surface area contributed by atoms with Gasteiger partial charge >= 0.3 is 0 Å². The molecule has 8 heteroatoms. The number of likely N-dealkylation sites (tertiary alicyclic amines) is 1. The number of rotatable bonds is 8. The Kier molecular flexibility index (Phi) is 7.18. The van der Waals surface area contributed by atoms with Crippen molar-refractivity contribution >= 4 is 27.0 Å². The second kappa shape index (κ2) is 9.47. The van der Waals surface area contributed by atoms with Crippen LogP contribution >= 0.6 is 0 Å². The van der Waals surface area contributed by atoms with Crippen molar-refractivity contribution < 1.29 is 13.2 Å². The van der Waals surface area contributed by atoms with E-state index in [2.05, 4.69) is 11.5 Å². The molecule has 7 nitrogen and oxygen atoms in total. The molecule has 1 saturated heterocycles. The second-order valence-electron chi connectivity index (χ2n) is 7.94. The number of amides is 1. The highest BCUT2D eigenvalue weighted by Crippen LogP contribution is 2.24. The van der Waals surface area contributed by atoms with E-state index in [1.165, 1.54) is 10.7 Å². The summed E-state index contributed by atoms with van der Waals surface area (Å²) in [6.07, 6.45) is 4.33. The number of imidazole rings is 1. The average molecular weight is 435 g/mol. The Balaban J connectivity index is 1.84. The summed E-state index contributed by atoms with van der Waals surface area (Å²) in [5.74, 6) is 1.02. The number of aryl methyl sites for hydroxylation is 2. The molecule has 166 valence electrons. The molecular weight excluding hydrogens is 400 g/mol. The number of benzene rings is 1. The maximum absolute atomic E-state index is 12.9. The Morgan fingerprint density at radius 3 is 2.57 bits per heavy atom. The van der Waals surface area contributed by atoms with Crippen LogP contribution in [0.3, 0.4) is 0 Å². The van der Waals surface area contributed by atoms with Crippen molar-refractivity contribution in [3.05, 3.63) is 24.0 Å². The van der Waals surface area contributed by atoms with Crippen LogP contribution < -0.4 is 0 Å². The lowest BCUT2D eigenvalue weighted by Crippen LogP contribution is -2.42. The molecule has 1 aliphatic heterocycles. The van der Waals surface area contributed by atoms with Crippen LogP contribution in [0.1, 0.15) is 59.2 Å². The molecule has 0 aliphatic carbocycles. The van der Waals surface area contributed by atoms with Crippen molar-refractivity contribution in [3.63, 3.8) is 0 Å². The van der Waals surface area contributed by atoms with E-state index in [9.17, 15) is 13.2 Å². The summed E-state index contributed by atoms with van der Waals surface area (Å²) in [5.41, 5.74) is 1.57. The van der Waals surface area contributed by atoms with Crippen LogP contribution in [0.5, 0.6) is 0 Å². The smallest absolute Gasteiger partial charge is 0.243 e. The molecule has 2 aromatic rings. The topological polar surface area (TPSA) is 75.5 Å². The predicted octanol–water partition coefficient (Wildman–Crippen LogP) is 3.42. The van der Waals surface area contributed by atoms with Crippen LogP contribution in [0.25, 0.3) is 11.0 Å². The molecule has 3 rings (SSSR count). The summed E-state index contributed by atoms with van der Waals surface area (Å²) in [6, 6.07) is 5.46. The van der Waals surface area contributed by atoms with E-state index in [0.29, 0.717) is 37.5 Å². The molecule has 1 amide bonds. The van der Waals surface area contributed by atoms with Gasteiger partial charge in [-0.2, -0.15) is 4.31 Å². The lowest BCUT2D eigenvalue weighted by atomic mass is 10.0. The number of hydrogen-bond acceptors (Lipinski definition) is 4. The molecule has 0 saturated carbocycles. The average Bonchev–Trinajstić information content (AvgIpc) is 3.09. The van der Waals surface area contributed by atoms with Gasteiger partial charge in [0.05, 0.1) is 15.9 Å². The summed E-state index contributed by atoms with van der Waals surface area (Å²) in [4.78, 5) is 19.7. The van der Waals surface area contributed by atoms with Crippen molar-refractivity contribution in [1.29, 1.82) is 0 Å². The third-order valence-electron chi connectivity index (χ3n) is 6.14. The van der Waals surface area contributed by atoms with Gasteiger partial charge in [0, 0.05) is 45.1 Å². The Bertz CT molecular complexity index is 995. The number of piperidine rings is 1. The van der Waals surface area contributed by atoms with Crippen LogP contribution in [0.15, 0.2) is 23.1 Å². The molecule has 1 atom stereocenters. The first-order chi connectivity index (χ1) is 14.3. The summed E-state index contributed by atoms with van der Waals surface area (Å²) < 4.78 is 29.3. The minimum atomic E-state index is -3.53. The molecule has 0 spiro atoms. The standard InChI is InChI=1S/C22H34N4O3S/c1-5-24(6-2)30(28,29)18-11-12-20-19(16-18)23-21(25(20)7-3)13-14-22(27)26-15-9-8-10-17(26)4/h11-12,16-17H,5-10,13-15H2,1-4H3. The van der Waals surface area contributed by atoms with Gasteiger partial charge in [0.1, 0.15) is 5.82 Å². The van der Waals surface area contributed by atoms with E-state index in [1.807, 2.05) is 31.7 Å². The van der Waals surface area contributed by atoms with Crippen molar-refractivity contribution in [2.24, 2.45) is 0 Å². The van der Waals surface area contributed by atoms with Crippen LogP contribution in [0.2, 0.25) is 0 Å². The first-order valence-electron chi connectivity index (χ1n) is 11.1. The fourth-order valence-electron chi connectivity index (χ4n) is 4.41. The molecule has 1 aromatic carbocycles. The predicted molar refractivity (Wildman–Crippen MR) is 119 cm³/mol. The third-order valence-corrected chi connectivity index (χ3v) is 8.19. The van der Waals surface area contributed by atoms with Gasteiger partial charge in [0.2, 0.25) is 15.9 Å². The van der Waals surface area contributed by atoms with Gasteiger partial charge < -0.3 is 9.47 Å². The number of hydrogen-bond donors (Lipinski definition) is 0. The van der Waals surface area contributed by atoms with Gasteiger partial charge in [-0.05, 0) is 51.3 Å². The van der Waals surface area contributed by atoms with Crippen LogP contribution in [-0.4, -0.2) is 58.8 Å². The van der Waals surface area contributed by atoms with Gasteiger partial charge in [0.15, 0.2) is 0 Å². The van der Waals surface area contributed by atoms with Crippen molar-refractivity contribution in [2.45, 2.75) is 77.3 Å². The van der Waals surface area contributed by atoms with Crippen molar-refractivity contribution in [3.8, 4) is 0 Å². The molecular formula is C22H34N4O3S. The minimum Gasteiger partial charge on any atom is -0.340 e. The fraction of sp³-hybridized carbons (Fsp3) is 0.636. The highest BCUT2D eigenvalue weighted by Gasteiger charge is 2.25. The summed E-state index contributed by atoms with van der Waals surface area (Å²) in [5, 5.41) is 0. The van der Waals surface area contributed by atoms with E-state index < -0.39 is 10.0 Å². The van der Waals surface area contributed by atoms with Gasteiger partial charge in [-0.1, -0.05) is 13.8 Å². The maximum atomic E-state index is 12.9. The third kappa shape index (κ3) is 4.39. The van der Waals surface area contributed by atoms with Crippen LogP contribution in [0.4, 0.5) is 0 Å². The molecule has 0 bridgehead atoms. The highest BCUT2D eigenvalue weighted by molar-refractivity contribution is 7.89. The number of fused-ring (bicyclic) bond motifs is 1. The second-order valence-corrected chi connectivity index (χ2v) is 9.88. The normalized spacial score (nSPS) is 17.8. The van der Waals surface area contributed by atoms with E-state index in [-0.39, 0.29) is 10.8 Å². The molecule has 0 radical (unpaired) electrons. The van der Waals surface area contributed by atoms with E-state index in [4.69, 9.17) is 4.98 Å². The largest absolute Gasteiger partial charge is 0.340 e. The first-order valence-corrected chi connectivity index (χ1v) is 12.6. The van der Waals surface area contributed by atoms with Gasteiger partial charge in [-0.25, -0.2) is 13.4 Å².